The Hall–Kier alpha value is -3.79. The first-order valence-electron chi connectivity index (χ1n) is 9.07. The van der Waals surface area contributed by atoms with E-state index >= 15 is 0 Å². The Morgan fingerprint density at radius 2 is 1.32 bits per heavy atom. The Kier molecular flexibility index (Phi) is 4.45. The highest BCUT2D eigenvalue weighted by molar-refractivity contribution is 6.12. The van der Waals surface area contributed by atoms with E-state index in [1.165, 1.54) is 0 Å². The number of nitrogens with zero attached hydrogens (tertiary/aromatic N) is 1. The standard InChI is InChI=1S/C24H21N3O/c1-16-6-9-22(10-7-16)27(24(28)19-12-20(25)15-21(26)13-19)23-11-8-17-4-2-3-5-18(17)14-23/h2-15H,25-26H2,1H3. The van der Waals surface area contributed by atoms with Gasteiger partial charge < -0.3 is 11.5 Å². The molecule has 4 aromatic rings. The molecular formula is C24H21N3O. The van der Waals surface area contributed by atoms with Gasteiger partial charge in [0, 0.05) is 28.3 Å². The highest BCUT2D eigenvalue weighted by atomic mass is 16.2. The third-order valence-corrected chi connectivity index (χ3v) is 4.71. The second-order valence-electron chi connectivity index (χ2n) is 6.90. The summed E-state index contributed by atoms with van der Waals surface area (Å²) in [4.78, 5) is 15.2. The number of amides is 1. The Bertz CT molecular complexity index is 1150. The number of carbonyl (C=O) groups excluding carboxylic acids is 1. The number of carbonyl (C=O) groups is 1. The van der Waals surface area contributed by atoms with Crippen LogP contribution in [0.15, 0.2) is 84.9 Å². The number of aryl methyl sites for hydroxylation is 1. The van der Waals surface area contributed by atoms with Crippen molar-refractivity contribution in [3.05, 3.63) is 96.1 Å². The van der Waals surface area contributed by atoms with Crippen molar-refractivity contribution in [3.63, 3.8) is 0 Å². The molecule has 0 bridgehead atoms. The first-order valence-corrected chi connectivity index (χ1v) is 9.07. The molecule has 0 saturated heterocycles. The van der Waals surface area contributed by atoms with Gasteiger partial charge >= 0.3 is 0 Å². The molecular weight excluding hydrogens is 346 g/mol. The SMILES string of the molecule is Cc1ccc(N(C(=O)c2cc(N)cc(N)c2)c2ccc3ccccc3c2)cc1. The Balaban J connectivity index is 1.87. The molecule has 0 aliphatic rings. The summed E-state index contributed by atoms with van der Waals surface area (Å²) >= 11 is 0. The minimum Gasteiger partial charge on any atom is -0.399 e. The van der Waals surface area contributed by atoms with Gasteiger partial charge in [-0.05, 0) is 60.2 Å². The molecule has 0 atom stereocenters. The van der Waals surface area contributed by atoms with Crippen LogP contribution >= 0.6 is 0 Å². The molecule has 0 saturated carbocycles. The van der Waals surface area contributed by atoms with Gasteiger partial charge in [-0.25, -0.2) is 0 Å². The fraction of sp³-hybridized carbons (Fsp3) is 0.0417. The van der Waals surface area contributed by atoms with Crippen molar-refractivity contribution in [2.24, 2.45) is 0 Å². The van der Waals surface area contributed by atoms with Crippen molar-refractivity contribution in [1.82, 2.24) is 0 Å². The van der Waals surface area contributed by atoms with E-state index in [-0.39, 0.29) is 5.91 Å². The average molecular weight is 367 g/mol. The van der Waals surface area contributed by atoms with E-state index < -0.39 is 0 Å². The van der Waals surface area contributed by atoms with Crippen LogP contribution in [0.1, 0.15) is 15.9 Å². The summed E-state index contributed by atoms with van der Waals surface area (Å²) in [5.74, 6) is -0.182. The Morgan fingerprint density at radius 1 is 0.714 bits per heavy atom. The van der Waals surface area contributed by atoms with Crippen LogP contribution in [-0.2, 0) is 0 Å². The number of hydrogen-bond acceptors (Lipinski definition) is 3. The smallest absolute Gasteiger partial charge is 0.262 e. The van der Waals surface area contributed by atoms with E-state index in [0.29, 0.717) is 16.9 Å². The molecule has 28 heavy (non-hydrogen) atoms. The third-order valence-electron chi connectivity index (χ3n) is 4.71. The maximum atomic E-state index is 13.5. The summed E-state index contributed by atoms with van der Waals surface area (Å²) in [7, 11) is 0. The molecule has 1 amide bonds. The van der Waals surface area contributed by atoms with Gasteiger partial charge in [0.1, 0.15) is 0 Å². The number of nitrogens with two attached hydrogens (primary N) is 2. The lowest BCUT2D eigenvalue weighted by Gasteiger charge is -2.24. The van der Waals surface area contributed by atoms with E-state index in [2.05, 4.69) is 6.07 Å². The second-order valence-corrected chi connectivity index (χ2v) is 6.90. The number of fused-ring (bicyclic) bond motifs is 1. The largest absolute Gasteiger partial charge is 0.399 e. The molecule has 0 fully saturated rings. The fourth-order valence-electron chi connectivity index (χ4n) is 3.32. The van der Waals surface area contributed by atoms with Gasteiger partial charge in [0.2, 0.25) is 0 Å². The average Bonchev–Trinajstić information content (AvgIpc) is 2.69. The van der Waals surface area contributed by atoms with Crippen molar-refractivity contribution in [1.29, 1.82) is 0 Å². The normalized spacial score (nSPS) is 10.8. The highest BCUT2D eigenvalue weighted by Gasteiger charge is 2.21. The zero-order valence-electron chi connectivity index (χ0n) is 15.6. The quantitative estimate of drug-likeness (QED) is 0.483. The van der Waals surface area contributed by atoms with Crippen molar-refractivity contribution in [2.75, 3.05) is 16.4 Å². The number of nitrogen functional groups attached to an aromatic ring is 2. The van der Waals surface area contributed by atoms with Gasteiger partial charge in [-0.2, -0.15) is 0 Å². The van der Waals surface area contributed by atoms with E-state index in [1.54, 1.807) is 23.1 Å². The van der Waals surface area contributed by atoms with Crippen LogP contribution in [-0.4, -0.2) is 5.91 Å². The van der Waals surface area contributed by atoms with Gasteiger partial charge in [-0.1, -0.05) is 48.0 Å². The van der Waals surface area contributed by atoms with Crippen LogP contribution in [0.3, 0.4) is 0 Å². The lowest BCUT2D eigenvalue weighted by atomic mass is 10.1. The highest BCUT2D eigenvalue weighted by Crippen LogP contribution is 2.31. The van der Waals surface area contributed by atoms with Gasteiger partial charge in [0.15, 0.2) is 0 Å². The van der Waals surface area contributed by atoms with Gasteiger partial charge in [0.25, 0.3) is 5.91 Å². The predicted octanol–water partition coefficient (Wildman–Crippen LogP) is 5.29. The molecule has 0 spiro atoms. The third kappa shape index (κ3) is 3.40. The maximum Gasteiger partial charge on any atom is 0.262 e. The monoisotopic (exact) mass is 367 g/mol. The number of anilines is 4. The molecule has 0 aromatic heterocycles. The molecule has 0 radical (unpaired) electrons. The van der Waals surface area contributed by atoms with Crippen molar-refractivity contribution >= 4 is 39.4 Å². The maximum absolute atomic E-state index is 13.5. The summed E-state index contributed by atoms with van der Waals surface area (Å²) in [6.45, 7) is 2.02. The van der Waals surface area contributed by atoms with Gasteiger partial charge in [0.05, 0.1) is 0 Å². The van der Waals surface area contributed by atoms with Crippen LogP contribution < -0.4 is 16.4 Å². The molecule has 0 heterocycles. The molecule has 4 aromatic carbocycles. The van der Waals surface area contributed by atoms with E-state index in [0.717, 1.165) is 27.7 Å². The molecule has 0 aliphatic carbocycles. The van der Waals surface area contributed by atoms with Crippen molar-refractivity contribution in [3.8, 4) is 0 Å². The van der Waals surface area contributed by atoms with Crippen LogP contribution in [0.2, 0.25) is 0 Å². The van der Waals surface area contributed by atoms with E-state index in [4.69, 9.17) is 11.5 Å². The van der Waals surface area contributed by atoms with Crippen LogP contribution in [0.4, 0.5) is 22.7 Å². The fourth-order valence-corrected chi connectivity index (χ4v) is 3.32. The topological polar surface area (TPSA) is 72.3 Å². The van der Waals surface area contributed by atoms with Crippen molar-refractivity contribution in [2.45, 2.75) is 6.92 Å². The van der Waals surface area contributed by atoms with Crippen LogP contribution in [0, 0.1) is 6.92 Å². The van der Waals surface area contributed by atoms with Crippen LogP contribution in [0.5, 0.6) is 0 Å². The van der Waals surface area contributed by atoms with Crippen molar-refractivity contribution < 1.29 is 4.79 Å². The molecule has 4 N–H and O–H groups in total. The molecule has 4 rings (SSSR count). The Morgan fingerprint density at radius 3 is 2.00 bits per heavy atom. The zero-order valence-corrected chi connectivity index (χ0v) is 15.6. The number of hydrogen-bond donors (Lipinski definition) is 2. The van der Waals surface area contributed by atoms with E-state index in [1.807, 2.05) is 67.6 Å². The van der Waals surface area contributed by atoms with Gasteiger partial charge in [-0.15, -0.1) is 0 Å². The minimum atomic E-state index is -0.182. The summed E-state index contributed by atoms with van der Waals surface area (Å²) in [6.07, 6.45) is 0. The Labute approximate surface area is 164 Å². The first-order chi connectivity index (χ1) is 13.5. The molecule has 0 aliphatic heterocycles. The van der Waals surface area contributed by atoms with Gasteiger partial charge in [-0.3, -0.25) is 9.69 Å². The molecule has 4 heteroatoms. The summed E-state index contributed by atoms with van der Waals surface area (Å²) in [5, 5.41) is 2.19. The summed E-state index contributed by atoms with van der Waals surface area (Å²) in [6, 6.07) is 26.9. The lowest BCUT2D eigenvalue weighted by Crippen LogP contribution is -2.26. The van der Waals surface area contributed by atoms with Crippen LogP contribution in [0.25, 0.3) is 10.8 Å². The number of benzene rings is 4. The zero-order chi connectivity index (χ0) is 19.7. The predicted molar refractivity (Wildman–Crippen MR) is 117 cm³/mol. The molecule has 0 unspecified atom stereocenters. The first kappa shape index (κ1) is 17.6. The molecule has 4 nitrogen and oxygen atoms in total. The molecule has 138 valence electrons. The summed E-state index contributed by atoms with van der Waals surface area (Å²) in [5.41, 5.74) is 15.9. The van der Waals surface area contributed by atoms with E-state index in [9.17, 15) is 4.79 Å². The summed E-state index contributed by atoms with van der Waals surface area (Å²) < 4.78 is 0. The number of rotatable bonds is 3. The minimum absolute atomic E-state index is 0.182. The lowest BCUT2D eigenvalue weighted by molar-refractivity contribution is 0.0999. The second kappa shape index (κ2) is 7.08.